The van der Waals surface area contributed by atoms with Crippen molar-refractivity contribution in [1.82, 2.24) is 4.90 Å². The normalized spacial score (nSPS) is 31.0. The number of amides is 1. The molecule has 24 heavy (non-hydrogen) atoms. The molecule has 0 N–H and O–H groups in total. The Morgan fingerprint density at radius 2 is 2.00 bits per heavy atom. The Balaban J connectivity index is 2.07. The smallest absolute Gasteiger partial charge is 0.414 e. The lowest BCUT2D eigenvalue weighted by molar-refractivity contribution is -0.116. The molecule has 0 bridgehead atoms. The third kappa shape index (κ3) is 4.84. The molecule has 1 saturated carbocycles. The highest BCUT2D eigenvalue weighted by Crippen LogP contribution is 2.36. The molecule has 1 amide bonds. The van der Waals surface area contributed by atoms with Crippen molar-refractivity contribution in [1.29, 1.82) is 0 Å². The third-order valence-corrected chi connectivity index (χ3v) is 5.42. The Bertz CT molecular complexity index is 483. The van der Waals surface area contributed by atoms with E-state index in [4.69, 9.17) is 4.74 Å². The molecule has 0 unspecified atom stereocenters. The van der Waals surface area contributed by atoms with Crippen LogP contribution in [0.25, 0.3) is 0 Å². The van der Waals surface area contributed by atoms with Crippen LogP contribution in [0, 0.1) is 23.7 Å². The van der Waals surface area contributed by atoms with Gasteiger partial charge in [-0.15, -0.1) is 0 Å². The minimum Gasteiger partial charge on any atom is -0.446 e. The van der Waals surface area contributed by atoms with Gasteiger partial charge >= 0.3 is 6.09 Å². The van der Waals surface area contributed by atoms with Crippen molar-refractivity contribution >= 4 is 11.9 Å². The molecule has 4 atom stereocenters. The van der Waals surface area contributed by atoms with Crippen molar-refractivity contribution in [3.8, 4) is 0 Å². The van der Waals surface area contributed by atoms with Crippen LogP contribution in [0.1, 0.15) is 66.7 Å². The van der Waals surface area contributed by atoms with Crippen LogP contribution >= 0.6 is 0 Å². The summed E-state index contributed by atoms with van der Waals surface area (Å²) in [6.07, 6.45) is 7.34. The first-order valence-electron chi connectivity index (χ1n) is 9.47. The molecule has 4 nitrogen and oxygen atoms in total. The van der Waals surface area contributed by atoms with Gasteiger partial charge in [-0.05, 0) is 49.0 Å². The maximum Gasteiger partial charge on any atom is 0.414 e. The quantitative estimate of drug-likeness (QED) is 0.742. The summed E-state index contributed by atoms with van der Waals surface area (Å²) < 4.78 is 5.95. The SMILES string of the molecule is CC(C)C[C@H]1CC(=O)C=CN1C(=O)O[C@@H]1C[C@H](C)CC[C@H]1C(C)C. The average molecular weight is 335 g/mol. The fraction of sp³-hybridized carbons (Fsp3) is 0.800. The number of ether oxygens (including phenoxy) is 1. The van der Waals surface area contributed by atoms with Gasteiger partial charge in [0, 0.05) is 18.7 Å². The predicted octanol–water partition coefficient (Wildman–Crippen LogP) is 4.79. The summed E-state index contributed by atoms with van der Waals surface area (Å²) in [5.74, 6) is 2.07. The van der Waals surface area contributed by atoms with E-state index in [1.165, 1.54) is 12.5 Å². The van der Waals surface area contributed by atoms with E-state index in [-0.39, 0.29) is 24.0 Å². The van der Waals surface area contributed by atoms with E-state index < -0.39 is 0 Å². The Kier molecular flexibility index (Phi) is 6.47. The van der Waals surface area contributed by atoms with Gasteiger partial charge in [-0.25, -0.2) is 4.79 Å². The molecule has 1 aliphatic heterocycles. The monoisotopic (exact) mass is 335 g/mol. The highest BCUT2D eigenvalue weighted by atomic mass is 16.6. The van der Waals surface area contributed by atoms with Gasteiger partial charge in [-0.2, -0.15) is 0 Å². The van der Waals surface area contributed by atoms with Crippen molar-refractivity contribution < 1.29 is 14.3 Å². The lowest BCUT2D eigenvalue weighted by Gasteiger charge is -2.39. The highest BCUT2D eigenvalue weighted by molar-refractivity contribution is 5.92. The highest BCUT2D eigenvalue weighted by Gasteiger charge is 2.36. The molecule has 2 rings (SSSR count). The van der Waals surface area contributed by atoms with Crippen LogP contribution in [0.3, 0.4) is 0 Å². The standard InChI is InChI=1S/C20H33NO3/c1-13(2)10-16-12-17(22)8-9-21(16)20(23)24-19-11-15(5)6-7-18(19)14(3)4/h8-9,13-16,18-19H,6-7,10-12H2,1-5H3/t15-,16+,18+,19-/m1/s1. The molecule has 4 heteroatoms. The first-order valence-corrected chi connectivity index (χ1v) is 9.47. The molecule has 0 aromatic carbocycles. The van der Waals surface area contributed by atoms with Crippen molar-refractivity contribution in [3.05, 3.63) is 12.3 Å². The first kappa shape index (κ1) is 19.0. The van der Waals surface area contributed by atoms with Crippen LogP contribution in [0.2, 0.25) is 0 Å². The molecule has 0 aromatic heterocycles. The number of hydrogen-bond acceptors (Lipinski definition) is 3. The van der Waals surface area contributed by atoms with Crippen molar-refractivity contribution in [2.75, 3.05) is 0 Å². The number of rotatable bonds is 4. The van der Waals surface area contributed by atoms with Crippen LogP contribution in [0.4, 0.5) is 4.79 Å². The Labute approximate surface area is 146 Å². The van der Waals surface area contributed by atoms with E-state index in [0.29, 0.717) is 30.1 Å². The summed E-state index contributed by atoms with van der Waals surface area (Å²) in [5.41, 5.74) is 0. The summed E-state index contributed by atoms with van der Waals surface area (Å²) in [6.45, 7) is 10.9. The van der Waals surface area contributed by atoms with E-state index in [2.05, 4.69) is 34.6 Å². The van der Waals surface area contributed by atoms with E-state index >= 15 is 0 Å². The second-order valence-corrected chi connectivity index (χ2v) is 8.43. The minimum atomic E-state index is -0.283. The number of hydrogen-bond donors (Lipinski definition) is 0. The van der Waals surface area contributed by atoms with Gasteiger partial charge in [0.15, 0.2) is 5.78 Å². The molecular formula is C20H33NO3. The summed E-state index contributed by atoms with van der Waals surface area (Å²) in [6, 6.07) is -0.0754. The second-order valence-electron chi connectivity index (χ2n) is 8.43. The second kappa shape index (κ2) is 8.17. The van der Waals surface area contributed by atoms with Crippen LogP contribution in [0.5, 0.6) is 0 Å². The van der Waals surface area contributed by atoms with E-state index in [9.17, 15) is 9.59 Å². The molecule has 136 valence electrons. The number of nitrogens with zero attached hydrogens (tertiary/aromatic N) is 1. The van der Waals surface area contributed by atoms with Gasteiger partial charge in [0.2, 0.25) is 0 Å². The number of carbonyl (C=O) groups is 2. The van der Waals surface area contributed by atoms with E-state index in [1.54, 1.807) is 11.1 Å². The lowest BCUT2D eigenvalue weighted by Crippen LogP contribution is -2.44. The Hall–Kier alpha value is -1.32. The molecule has 1 heterocycles. The number of ketones is 1. The van der Waals surface area contributed by atoms with Crippen molar-refractivity contribution in [3.63, 3.8) is 0 Å². The number of allylic oxidation sites excluding steroid dienone is 1. The molecule has 0 radical (unpaired) electrons. The largest absolute Gasteiger partial charge is 0.446 e. The molecule has 0 saturated heterocycles. The maximum atomic E-state index is 12.8. The fourth-order valence-corrected chi connectivity index (χ4v) is 4.08. The van der Waals surface area contributed by atoms with Gasteiger partial charge in [0.25, 0.3) is 0 Å². The zero-order chi connectivity index (χ0) is 17.9. The van der Waals surface area contributed by atoms with Crippen LogP contribution in [-0.2, 0) is 9.53 Å². The van der Waals surface area contributed by atoms with Gasteiger partial charge in [0.1, 0.15) is 6.10 Å². The molecular weight excluding hydrogens is 302 g/mol. The zero-order valence-corrected chi connectivity index (χ0v) is 15.8. The Morgan fingerprint density at radius 1 is 1.29 bits per heavy atom. The topological polar surface area (TPSA) is 46.6 Å². The minimum absolute atomic E-state index is 0.00743. The summed E-state index contributed by atoms with van der Waals surface area (Å²) in [5, 5.41) is 0. The predicted molar refractivity (Wildman–Crippen MR) is 95.5 cm³/mol. The average Bonchev–Trinajstić information content (AvgIpc) is 2.46. The first-order chi connectivity index (χ1) is 11.3. The van der Waals surface area contributed by atoms with Crippen molar-refractivity contribution in [2.24, 2.45) is 23.7 Å². The summed E-state index contributed by atoms with van der Waals surface area (Å²) >= 11 is 0. The molecule has 1 fully saturated rings. The van der Waals surface area contributed by atoms with Gasteiger partial charge < -0.3 is 4.74 Å². The van der Waals surface area contributed by atoms with Gasteiger partial charge in [0.05, 0.1) is 0 Å². The molecule has 1 aliphatic carbocycles. The number of carbonyl (C=O) groups excluding carboxylic acids is 2. The lowest BCUT2D eigenvalue weighted by atomic mass is 9.75. The van der Waals surface area contributed by atoms with Gasteiger partial charge in [-0.3, -0.25) is 9.69 Å². The third-order valence-electron chi connectivity index (χ3n) is 5.42. The van der Waals surface area contributed by atoms with Gasteiger partial charge in [-0.1, -0.05) is 41.0 Å². The van der Waals surface area contributed by atoms with Crippen LogP contribution in [-0.4, -0.2) is 28.9 Å². The van der Waals surface area contributed by atoms with E-state index in [0.717, 1.165) is 19.3 Å². The van der Waals surface area contributed by atoms with Crippen LogP contribution in [0.15, 0.2) is 12.3 Å². The maximum absolute atomic E-state index is 12.8. The molecule has 2 aliphatic rings. The van der Waals surface area contributed by atoms with Crippen molar-refractivity contribution in [2.45, 2.75) is 78.9 Å². The van der Waals surface area contributed by atoms with E-state index in [1.807, 2.05) is 0 Å². The fourth-order valence-electron chi connectivity index (χ4n) is 4.08. The Morgan fingerprint density at radius 3 is 2.62 bits per heavy atom. The summed E-state index contributed by atoms with van der Waals surface area (Å²) in [7, 11) is 0. The summed E-state index contributed by atoms with van der Waals surface area (Å²) in [4.78, 5) is 26.2. The molecule has 0 aromatic rings. The zero-order valence-electron chi connectivity index (χ0n) is 15.8. The van der Waals surface area contributed by atoms with Crippen LogP contribution < -0.4 is 0 Å². The molecule has 0 spiro atoms.